The van der Waals surface area contributed by atoms with E-state index in [1.807, 2.05) is 31.2 Å². The maximum absolute atomic E-state index is 11.2. The first kappa shape index (κ1) is 10.1. The van der Waals surface area contributed by atoms with E-state index in [9.17, 15) is 4.79 Å². The molecule has 0 aliphatic rings. The number of carbonyl (C=O) groups excluding carboxylic acids is 1. The van der Waals surface area contributed by atoms with E-state index >= 15 is 0 Å². The summed E-state index contributed by atoms with van der Waals surface area (Å²) in [5, 5.41) is 0.202. The standard InChI is InChI=1S/C10H13NOS/c1-2-13-10(12)7-8-4-3-5-9(11)6-8/h3-6H,2,7,11H2,1H3. The lowest BCUT2D eigenvalue weighted by Gasteiger charge is -2.00. The molecule has 1 aromatic carbocycles. The zero-order valence-electron chi connectivity index (χ0n) is 7.62. The Hall–Kier alpha value is -0.960. The van der Waals surface area contributed by atoms with Crippen molar-refractivity contribution in [3.8, 4) is 0 Å². The number of rotatable bonds is 3. The fourth-order valence-corrected chi connectivity index (χ4v) is 1.67. The number of nitrogens with two attached hydrogens (primary N) is 1. The number of thioether (sulfide) groups is 1. The van der Waals surface area contributed by atoms with Crippen LogP contribution in [0.2, 0.25) is 0 Å². The van der Waals surface area contributed by atoms with Gasteiger partial charge in [0.2, 0.25) is 0 Å². The molecule has 0 aliphatic heterocycles. The van der Waals surface area contributed by atoms with Gasteiger partial charge in [-0.15, -0.1) is 0 Å². The second kappa shape index (κ2) is 4.92. The molecule has 0 bridgehead atoms. The second-order valence-electron chi connectivity index (χ2n) is 2.73. The van der Waals surface area contributed by atoms with Crippen LogP contribution in [-0.4, -0.2) is 10.9 Å². The minimum atomic E-state index is 0.202. The second-order valence-corrected chi connectivity index (χ2v) is 4.05. The molecule has 0 unspecified atom stereocenters. The smallest absolute Gasteiger partial charge is 0.193 e. The van der Waals surface area contributed by atoms with Crippen molar-refractivity contribution in [1.82, 2.24) is 0 Å². The molecule has 13 heavy (non-hydrogen) atoms. The third kappa shape index (κ3) is 3.51. The van der Waals surface area contributed by atoms with Gasteiger partial charge in [-0.3, -0.25) is 4.79 Å². The van der Waals surface area contributed by atoms with Crippen LogP contribution in [0.15, 0.2) is 24.3 Å². The molecule has 0 radical (unpaired) electrons. The summed E-state index contributed by atoms with van der Waals surface area (Å²) in [5.41, 5.74) is 7.30. The minimum Gasteiger partial charge on any atom is -0.399 e. The summed E-state index contributed by atoms with van der Waals surface area (Å²) in [6.45, 7) is 1.97. The van der Waals surface area contributed by atoms with Crippen molar-refractivity contribution < 1.29 is 4.79 Å². The molecule has 0 fully saturated rings. The van der Waals surface area contributed by atoms with Crippen LogP contribution in [0.3, 0.4) is 0 Å². The van der Waals surface area contributed by atoms with Crippen LogP contribution in [0, 0.1) is 0 Å². The van der Waals surface area contributed by atoms with Crippen molar-refractivity contribution in [3.05, 3.63) is 29.8 Å². The van der Waals surface area contributed by atoms with Crippen molar-refractivity contribution >= 4 is 22.6 Å². The highest BCUT2D eigenvalue weighted by Gasteiger charge is 2.02. The number of hydrogen-bond donors (Lipinski definition) is 1. The van der Waals surface area contributed by atoms with Gasteiger partial charge in [-0.25, -0.2) is 0 Å². The van der Waals surface area contributed by atoms with E-state index < -0.39 is 0 Å². The van der Waals surface area contributed by atoms with Crippen LogP contribution in [0.25, 0.3) is 0 Å². The SMILES string of the molecule is CCSC(=O)Cc1cccc(N)c1. The number of nitrogen functional groups attached to an aromatic ring is 1. The summed E-state index contributed by atoms with van der Waals surface area (Å²) in [7, 11) is 0. The summed E-state index contributed by atoms with van der Waals surface area (Å²) in [6, 6.07) is 7.45. The van der Waals surface area contributed by atoms with Gasteiger partial charge in [-0.2, -0.15) is 0 Å². The molecule has 0 atom stereocenters. The van der Waals surface area contributed by atoms with Crippen LogP contribution in [0.1, 0.15) is 12.5 Å². The Morgan fingerprint density at radius 2 is 2.31 bits per heavy atom. The summed E-state index contributed by atoms with van der Waals surface area (Å²) in [4.78, 5) is 11.2. The molecule has 0 heterocycles. The van der Waals surface area contributed by atoms with E-state index in [4.69, 9.17) is 5.73 Å². The summed E-state index contributed by atoms with van der Waals surface area (Å²) < 4.78 is 0. The molecule has 70 valence electrons. The molecule has 1 rings (SSSR count). The first-order valence-corrected chi connectivity index (χ1v) is 5.21. The van der Waals surface area contributed by atoms with Gasteiger partial charge < -0.3 is 5.73 Å². The van der Waals surface area contributed by atoms with E-state index in [0.717, 1.165) is 11.3 Å². The summed E-state index contributed by atoms with van der Waals surface area (Å²) in [6.07, 6.45) is 0.476. The maximum Gasteiger partial charge on any atom is 0.193 e. The number of anilines is 1. The van der Waals surface area contributed by atoms with Gasteiger partial charge in [0.1, 0.15) is 0 Å². The topological polar surface area (TPSA) is 43.1 Å². The van der Waals surface area contributed by atoms with Crippen LogP contribution >= 0.6 is 11.8 Å². The number of benzene rings is 1. The zero-order valence-corrected chi connectivity index (χ0v) is 8.43. The maximum atomic E-state index is 11.2. The molecular weight excluding hydrogens is 182 g/mol. The highest BCUT2D eigenvalue weighted by Crippen LogP contribution is 2.11. The van der Waals surface area contributed by atoms with Crippen molar-refractivity contribution in [2.45, 2.75) is 13.3 Å². The summed E-state index contributed by atoms with van der Waals surface area (Å²) >= 11 is 1.35. The van der Waals surface area contributed by atoms with Gasteiger partial charge in [0.25, 0.3) is 0 Å². The molecule has 0 saturated carbocycles. The fourth-order valence-electron chi connectivity index (χ4n) is 1.08. The number of hydrogen-bond acceptors (Lipinski definition) is 3. The highest BCUT2D eigenvalue weighted by molar-refractivity contribution is 8.13. The molecule has 3 heteroatoms. The van der Waals surface area contributed by atoms with Crippen LogP contribution in [-0.2, 0) is 11.2 Å². The van der Waals surface area contributed by atoms with Crippen LogP contribution in [0.4, 0.5) is 5.69 Å². The van der Waals surface area contributed by atoms with E-state index in [1.54, 1.807) is 0 Å². The Balaban J connectivity index is 2.58. The first-order chi connectivity index (χ1) is 6.22. The predicted molar refractivity (Wildman–Crippen MR) is 57.7 cm³/mol. The Bertz CT molecular complexity index is 299. The summed E-state index contributed by atoms with van der Waals surface area (Å²) in [5.74, 6) is 0.834. The van der Waals surface area contributed by atoms with Gasteiger partial charge in [0.05, 0.1) is 0 Å². The monoisotopic (exact) mass is 195 g/mol. The average Bonchev–Trinajstić information content (AvgIpc) is 2.04. The van der Waals surface area contributed by atoms with Gasteiger partial charge in [-0.1, -0.05) is 30.8 Å². The lowest BCUT2D eigenvalue weighted by atomic mass is 10.1. The van der Waals surface area contributed by atoms with Crippen LogP contribution in [0.5, 0.6) is 0 Å². The molecule has 2 N–H and O–H groups in total. The average molecular weight is 195 g/mol. The third-order valence-corrected chi connectivity index (χ3v) is 2.36. The lowest BCUT2D eigenvalue weighted by Crippen LogP contribution is -1.98. The quantitative estimate of drug-likeness (QED) is 0.751. The Kier molecular flexibility index (Phi) is 3.83. The third-order valence-electron chi connectivity index (χ3n) is 1.60. The predicted octanol–water partition coefficient (Wildman–Crippen LogP) is 2.09. The molecular formula is C10H13NOS. The van der Waals surface area contributed by atoms with Gasteiger partial charge in [-0.05, 0) is 23.4 Å². The minimum absolute atomic E-state index is 0.202. The van der Waals surface area contributed by atoms with Crippen molar-refractivity contribution in [2.75, 3.05) is 11.5 Å². The van der Waals surface area contributed by atoms with E-state index in [1.165, 1.54) is 11.8 Å². The molecule has 2 nitrogen and oxygen atoms in total. The molecule has 0 saturated heterocycles. The first-order valence-electron chi connectivity index (χ1n) is 4.22. The molecule has 0 aromatic heterocycles. The van der Waals surface area contributed by atoms with Gasteiger partial charge >= 0.3 is 0 Å². The van der Waals surface area contributed by atoms with Crippen molar-refractivity contribution in [2.24, 2.45) is 0 Å². The van der Waals surface area contributed by atoms with Crippen molar-refractivity contribution in [1.29, 1.82) is 0 Å². The fraction of sp³-hybridized carbons (Fsp3) is 0.300. The van der Waals surface area contributed by atoms with Gasteiger partial charge in [0, 0.05) is 12.1 Å². The largest absolute Gasteiger partial charge is 0.399 e. The molecule has 1 aromatic rings. The molecule has 0 amide bonds. The van der Waals surface area contributed by atoms with Crippen LogP contribution < -0.4 is 5.73 Å². The Morgan fingerprint density at radius 1 is 1.54 bits per heavy atom. The van der Waals surface area contributed by atoms with E-state index in [0.29, 0.717) is 12.1 Å². The highest BCUT2D eigenvalue weighted by atomic mass is 32.2. The molecule has 0 aliphatic carbocycles. The van der Waals surface area contributed by atoms with Gasteiger partial charge in [0.15, 0.2) is 5.12 Å². The Morgan fingerprint density at radius 3 is 2.92 bits per heavy atom. The van der Waals surface area contributed by atoms with E-state index in [-0.39, 0.29) is 5.12 Å². The van der Waals surface area contributed by atoms with Crippen molar-refractivity contribution in [3.63, 3.8) is 0 Å². The lowest BCUT2D eigenvalue weighted by molar-refractivity contribution is -0.110. The van der Waals surface area contributed by atoms with E-state index in [2.05, 4.69) is 0 Å². The normalized spacial score (nSPS) is 9.92. The zero-order chi connectivity index (χ0) is 9.68. The Labute approximate surface area is 82.5 Å². The molecule has 0 spiro atoms. The number of carbonyl (C=O) groups is 1.